The number of hydrogen-bond donors (Lipinski definition) is 0. The van der Waals surface area contributed by atoms with E-state index in [0.717, 1.165) is 0 Å². The highest BCUT2D eigenvalue weighted by atomic mass is 31.1. The van der Waals surface area contributed by atoms with Gasteiger partial charge in [-0.3, -0.25) is 0 Å². The first-order valence-electron chi connectivity index (χ1n) is 7.56. The van der Waals surface area contributed by atoms with E-state index >= 15 is 0 Å². The Labute approximate surface area is 121 Å². The molecular weight excluding hydrogens is 247 g/mol. The summed E-state index contributed by atoms with van der Waals surface area (Å²) >= 11 is 0. The van der Waals surface area contributed by atoms with Crippen molar-refractivity contribution in [2.75, 3.05) is 0 Å². The fraction of sp³-hybridized carbons (Fsp3) is 0.556. The molecule has 0 bridgehead atoms. The lowest BCUT2D eigenvalue weighted by Gasteiger charge is -2.29. The van der Waals surface area contributed by atoms with Gasteiger partial charge >= 0.3 is 0 Å². The third kappa shape index (κ3) is 6.39. The number of allylic oxidation sites excluding steroid dienone is 1. The number of benzene rings is 1. The molecule has 0 amide bonds. The van der Waals surface area contributed by atoms with E-state index in [0.29, 0.717) is 5.16 Å². The highest BCUT2D eigenvalue weighted by Crippen LogP contribution is 2.49. The van der Waals surface area contributed by atoms with Crippen molar-refractivity contribution in [2.45, 2.75) is 65.0 Å². The summed E-state index contributed by atoms with van der Waals surface area (Å²) < 4.78 is 0. The van der Waals surface area contributed by atoms with Gasteiger partial charge in [0.15, 0.2) is 0 Å². The van der Waals surface area contributed by atoms with Crippen LogP contribution in [0.25, 0.3) is 0 Å². The van der Waals surface area contributed by atoms with E-state index in [1.165, 1.54) is 37.4 Å². The molecule has 0 saturated carbocycles. The highest BCUT2D eigenvalue weighted by Gasteiger charge is 2.22. The molecule has 106 valence electrons. The highest BCUT2D eigenvalue weighted by molar-refractivity contribution is 7.70. The van der Waals surface area contributed by atoms with Gasteiger partial charge in [0.2, 0.25) is 0 Å². The van der Waals surface area contributed by atoms with E-state index in [2.05, 4.69) is 69.9 Å². The minimum Gasteiger partial charge on any atom is -0.0837 e. The topological polar surface area (TPSA) is 0 Å². The van der Waals surface area contributed by atoms with E-state index in [9.17, 15) is 0 Å². The predicted octanol–water partition coefficient (Wildman–Crippen LogP) is 6.08. The van der Waals surface area contributed by atoms with E-state index in [1.54, 1.807) is 0 Å². The Kier molecular flexibility index (Phi) is 7.39. The molecular formula is C18H29P. The normalized spacial score (nSPS) is 13.9. The van der Waals surface area contributed by atoms with Gasteiger partial charge in [-0.05, 0) is 31.2 Å². The molecule has 1 aromatic rings. The first kappa shape index (κ1) is 16.4. The lowest BCUT2D eigenvalue weighted by Crippen LogP contribution is -2.17. The van der Waals surface area contributed by atoms with Gasteiger partial charge in [-0.25, -0.2) is 0 Å². The quantitative estimate of drug-likeness (QED) is 0.418. The zero-order valence-electron chi connectivity index (χ0n) is 13.0. The minimum absolute atomic E-state index is 0.202. The van der Waals surface area contributed by atoms with Crippen LogP contribution in [0.15, 0.2) is 42.2 Å². The molecule has 1 atom stereocenters. The van der Waals surface area contributed by atoms with Crippen molar-refractivity contribution in [1.29, 1.82) is 0 Å². The van der Waals surface area contributed by atoms with Crippen molar-refractivity contribution in [1.82, 2.24) is 0 Å². The van der Waals surface area contributed by atoms with Gasteiger partial charge in [0.1, 0.15) is 0 Å². The SMILES string of the molecule is CCCCCC/C=C/P(c1ccccc1)C(C)(C)C. The van der Waals surface area contributed by atoms with Crippen molar-refractivity contribution in [3.63, 3.8) is 0 Å². The first-order chi connectivity index (χ1) is 9.05. The standard InChI is InChI=1S/C18H29P/c1-5-6-7-8-9-13-16-19(18(2,3)4)17-14-11-10-12-15-17/h10-16H,5-9H2,1-4H3/b16-13+. The summed E-state index contributed by atoms with van der Waals surface area (Å²) in [5, 5.41) is 1.84. The lowest BCUT2D eigenvalue weighted by atomic mass is 10.2. The van der Waals surface area contributed by atoms with Crippen LogP contribution in [0, 0.1) is 0 Å². The molecule has 0 spiro atoms. The van der Waals surface area contributed by atoms with Crippen molar-refractivity contribution in [3.05, 3.63) is 42.2 Å². The second-order valence-corrected chi connectivity index (χ2v) is 9.01. The Morgan fingerprint density at radius 2 is 1.68 bits per heavy atom. The Hall–Kier alpha value is -0.610. The van der Waals surface area contributed by atoms with Gasteiger partial charge in [-0.1, -0.05) is 89.2 Å². The van der Waals surface area contributed by atoms with E-state index in [-0.39, 0.29) is 7.92 Å². The van der Waals surface area contributed by atoms with Crippen LogP contribution in [-0.4, -0.2) is 5.16 Å². The van der Waals surface area contributed by atoms with Gasteiger partial charge < -0.3 is 0 Å². The molecule has 0 fully saturated rings. The maximum absolute atomic E-state index is 2.48. The van der Waals surface area contributed by atoms with Crippen LogP contribution < -0.4 is 5.30 Å². The van der Waals surface area contributed by atoms with Crippen LogP contribution in [0.3, 0.4) is 0 Å². The van der Waals surface area contributed by atoms with Crippen molar-refractivity contribution < 1.29 is 0 Å². The zero-order valence-corrected chi connectivity index (χ0v) is 13.9. The molecule has 19 heavy (non-hydrogen) atoms. The Morgan fingerprint density at radius 3 is 2.26 bits per heavy atom. The Morgan fingerprint density at radius 1 is 1.00 bits per heavy atom. The van der Waals surface area contributed by atoms with E-state index in [1.807, 2.05) is 0 Å². The second kappa shape index (κ2) is 8.54. The zero-order chi connectivity index (χ0) is 14.1. The van der Waals surface area contributed by atoms with Crippen LogP contribution in [-0.2, 0) is 0 Å². The largest absolute Gasteiger partial charge is 0.0837 e. The van der Waals surface area contributed by atoms with E-state index < -0.39 is 0 Å². The molecule has 1 aromatic carbocycles. The van der Waals surface area contributed by atoms with Gasteiger partial charge in [0.25, 0.3) is 0 Å². The third-order valence-electron chi connectivity index (χ3n) is 3.24. The maximum Gasteiger partial charge on any atom is -0.0105 e. The molecule has 0 aliphatic carbocycles. The van der Waals surface area contributed by atoms with Crippen molar-refractivity contribution in [2.24, 2.45) is 0 Å². The van der Waals surface area contributed by atoms with Gasteiger partial charge in [-0.15, -0.1) is 0 Å². The monoisotopic (exact) mass is 276 g/mol. The van der Waals surface area contributed by atoms with Crippen molar-refractivity contribution >= 4 is 13.2 Å². The van der Waals surface area contributed by atoms with Crippen LogP contribution in [0.2, 0.25) is 0 Å². The molecule has 0 N–H and O–H groups in total. The van der Waals surface area contributed by atoms with Gasteiger partial charge in [0.05, 0.1) is 0 Å². The van der Waals surface area contributed by atoms with Crippen LogP contribution in [0.5, 0.6) is 0 Å². The molecule has 0 heterocycles. The summed E-state index contributed by atoms with van der Waals surface area (Å²) in [6.45, 7) is 9.33. The molecule has 1 heteroatoms. The Bertz CT molecular complexity index is 359. The second-order valence-electron chi connectivity index (χ2n) is 6.11. The lowest BCUT2D eigenvalue weighted by molar-refractivity contribution is 0.674. The van der Waals surface area contributed by atoms with Gasteiger partial charge in [-0.2, -0.15) is 0 Å². The van der Waals surface area contributed by atoms with Crippen LogP contribution >= 0.6 is 7.92 Å². The van der Waals surface area contributed by atoms with E-state index in [4.69, 9.17) is 0 Å². The summed E-state index contributed by atoms with van der Waals surface area (Å²) in [7, 11) is -0.202. The molecule has 0 saturated heterocycles. The average Bonchev–Trinajstić information content (AvgIpc) is 2.37. The first-order valence-corrected chi connectivity index (χ1v) is 8.98. The molecule has 0 nitrogen and oxygen atoms in total. The van der Waals surface area contributed by atoms with Crippen molar-refractivity contribution in [3.8, 4) is 0 Å². The third-order valence-corrected chi connectivity index (χ3v) is 6.04. The minimum atomic E-state index is -0.202. The molecule has 1 unspecified atom stereocenters. The number of unbranched alkanes of at least 4 members (excludes halogenated alkanes) is 4. The summed E-state index contributed by atoms with van der Waals surface area (Å²) in [6.07, 6.45) is 9.07. The fourth-order valence-corrected chi connectivity index (χ4v) is 4.40. The maximum atomic E-state index is 2.48. The van der Waals surface area contributed by atoms with Crippen LogP contribution in [0.4, 0.5) is 0 Å². The van der Waals surface area contributed by atoms with Crippen LogP contribution in [0.1, 0.15) is 59.8 Å². The molecule has 0 radical (unpaired) electrons. The summed E-state index contributed by atoms with van der Waals surface area (Å²) in [4.78, 5) is 0. The molecule has 0 aliphatic rings. The number of rotatable bonds is 7. The smallest absolute Gasteiger partial charge is 0.0105 e. The molecule has 0 aliphatic heterocycles. The fourth-order valence-electron chi connectivity index (χ4n) is 2.15. The Balaban J connectivity index is 2.59. The number of hydrogen-bond acceptors (Lipinski definition) is 0. The summed E-state index contributed by atoms with van der Waals surface area (Å²) in [6, 6.07) is 11.0. The average molecular weight is 276 g/mol. The summed E-state index contributed by atoms with van der Waals surface area (Å²) in [5.74, 6) is 2.48. The molecule has 1 rings (SSSR count). The summed E-state index contributed by atoms with van der Waals surface area (Å²) in [5.41, 5.74) is 0. The van der Waals surface area contributed by atoms with Gasteiger partial charge in [0, 0.05) is 0 Å². The predicted molar refractivity (Wildman–Crippen MR) is 90.6 cm³/mol. The molecule has 0 aromatic heterocycles.